The fraction of sp³-hybridized carbons (Fsp3) is 0.556. The second-order valence-corrected chi connectivity index (χ2v) is 3.87. The molecule has 0 spiro atoms. The number of alkyl halides is 1. The highest BCUT2D eigenvalue weighted by molar-refractivity contribution is 6.24. The molecule has 0 bridgehead atoms. The van der Waals surface area contributed by atoms with Crippen molar-refractivity contribution in [2.45, 2.75) is 18.3 Å². The number of aromatic nitrogens is 3. The molecule has 1 unspecified atom stereocenters. The molecule has 0 saturated heterocycles. The summed E-state index contributed by atoms with van der Waals surface area (Å²) in [5.41, 5.74) is 0. The SMILES string of the molecule is CCNC(Cl)(CC#N)CNc1ncncn1. The zero-order valence-electron chi connectivity index (χ0n) is 8.94. The first kappa shape index (κ1) is 12.6. The van der Waals surface area contributed by atoms with Crippen LogP contribution in [0.2, 0.25) is 0 Å². The van der Waals surface area contributed by atoms with E-state index in [4.69, 9.17) is 16.9 Å². The van der Waals surface area contributed by atoms with Gasteiger partial charge in [-0.3, -0.25) is 5.32 Å². The highest BCUT2D eigenvalue weighted by Gasteiger charge is 2.25. The Hall–Kier alpha value is -1.45. The van der Waals surface area contributed by atoms with Crippen molar-refractivity contribution < 1.29 is 0 Å². The van der Waals surface area contributed by atoms with Crippen LogP contribution in [0.15, 0.2) is 12.7 Å². The molecule has 0 aromatic carbocycles. The van der Waals surface area contributed by atoms with Gasteiger partial charge in [-0.05, 0) is 6.54 Å². The number of anilines is 1. The molecule has 0 saturated carbocycles. The summed E-state index contributed by atoms with van der Waals surface area (Å²) < 4.78 is 0. The van der Waals surface area contributed by atoms with Crippen LogP contribution in [0.1, 0.15) is 13.3 Å². The van der Waals surface area contributed by atoms with Crippen LogP contribution in [-0.4, -0.2) is 33.0 Å². The second-order valence-electron chi connectivity index (χ2n) is 3.15. The van der Waals surface area contributed by atoms with E-state index in [1.54, 1.807) is 0 Å². The Kier molecular flexibility index (Phi) is 4.89. The van der Waals surface area contributed by atoms with Gasteiger partial charge in [0, 0.05) is 0 Å². The Morgan fingerprint density at radius 3 is 2.75 bits per heavy atom. The van der Waals surface area contributed by atoms with Gasteiger partial charge in [0.25, 0.3) is 0 Å². The second kappa shape index (κ2) is 6.20. The van der Waals surface area contributed by atoms with E-state index in [1.807, 2.05) is 13.0 Å². The van der Waals surface area contributed by atoms with E-state index in [9.17, 15) is 0 Å². The first-order valence-corrected chi connectivity index (χ1v) is 5.25. The number of rotatable bonds is 6. The summed E-state index contributed by atoms with van der Waals surface area (Å²) in [5, 5.41) is 14.7. The normalized spacial score (nSPS) is 13.8. The van der Waals surface area contributed by atoms with E-state index in [0.29, 0.717) is 19.0 Å². The number of halogens is 1. The van der Waals surface area contributed by atoms with Crippen LogP contribution >= 0.6 is 11.6 Å². The third kappa shape index (κ3) is 3.96. The molecule has 1 aromatic heterocycles. The highest BCUT2D eigenvalue weighted by Crippen LogP contribution is 2.15. The van der Waals surface area contributed by atoms with E-state index >= 15 is 0 Å². The number of nitrogens with one attached hydrogen (secondary N) is 2. The largest absolute Gasteiger partial charge is 0.351 e. The predicted molar refractivity (Wildman–Crippen MR) is 60.8 cm³/mol. The van der Waals surface area contributed by atoms with Crippen LogP contribution in [0.25, 0.3) is 0 Å². The van der Waals surface area contributed by atoms with Crippen molar-refractivity contribution >= 4 is 17.5 Å². The molecular formula is C9H13ClN6. The van der Waals surface area contributed by atoms with Crippen LogP contribution in [0, 0.1) is 11.3 Å². The van der Waals surface area contributed by atoms with Crippen molar-refractivity contribution in [2.75, 3.05) is 18.4 Å². The molecule has 0 aliphatic carbocycles. The molecule has 0 aliphatic heterocycles. The summed E-state index contributed by atoms with van der Waals surface area (Å²) in [6.07, 6.45) is 2.98. The topological polar surface area (TPSA) is 86.5 Å². The van der Waals surface area contributed by atoms with E-state index in [1.165, 1.54) is 12.7 Å². The van der Waals surface area contributed by atoms with Crippen LogP contribution in [0.4, 0.5) is 5.95 Å². The summed E-state index contributed by atoms with van der Waals surface area (Å²) in [6, 6.07) is 2.04. The maximum Gasteiger partial charge on any atom is 0.225 e. The van der Waals surface area contributed by atoms with Crippen LogP contribution in [0.3, 0.4) is 0 Å². The first-order chi connectivity index (χ1) is 7.70. The standard InChI is InChI=1S/C9H13ClN6/c1-2-16-9(10,3-4-11)5-13-8-14-6-12-7-15-8/h6-7,16H,2-3,5H2,1H3,(H,12,13,14,15). The van der Waals surface area contributed by atoms with Gasteiger partial charge in [-0.25, -0.2) is 15.0 Å². The predicted octanol–water partition coefficient (Wildman–Crippen LogP) is 0.742. The van der Waals surface area contributed by atoms with Crippen molar-refractivity contribution in [3.63, 3.8) is 0 Å². The molecule has 1 heterocycles. The summed E-state index contributed by atoms with van der Waals surface area (Å²) in [7, 11) is 0. The lowest BCUT2D eigenvalue weighted by molar-refractivity contribution is 0.495. The average Bonchev–Trinajstić information content (AvgIpc) is 2.29. The van der Waals surface area contributed by atoms with E-state index < -0.39 is 5.00 Å². The van der Waals surface area contributed by atoms with Gasteiger partial charge in [0.15, 0.2) is 0 Å². The van der Waals surface area contributed by atoms with Crippen molar-refractivity contribution in [3.05, 3.63) is 12.7 Å². The molecule has 0 aliphatic rings. The van der Waals surface area contributed by atoms with Gasteiger partial charge in [0.1, 0.15) is 17.7 Å². The van der Waals surface area contributed by atoms with Gasteiger partial charge < -0.3 is 5.32 Å². The lowest BCUT2D eigenvalue weighted by Crippen LogP contribution is -2.45. The Balaban J connectivity index is 2.54. The molecule has 0 radical (unpaired) electrons. The third-order valence-corrected chi connectivity index (χ3v) is 2.27. The quantitative estimate of drug-likeness (QED) is 0.564. The lowest BCUT2D eigenvalue weighted by Gasteiger charge is -2.25. The molecule has 16 heavy (non-hydrogen) atoms. The van der Waals surface area contributed by atoms with Crippen molar-refractivity contribution in [2.24, 2.45) is 0 Å². The Morgan fingerprint density at radius 2 is 2.19 bits per heavy atom. The van der Waals surface area contributed by atoms with E-state index in [2.05, 4.69) is 25.6 Å². The molecule has 1 rings (SSSR count). The van der Waals surface area contributed by atoms with Crippen molar-refractivity contribution in [1.29, 1.82) is 5.26 Å². The van der Waals surface area contributed by atoms with Gasteiger partial charge in [-0.1, -0.05) is 18.5 Å². The maximum absolute atomic E-state index is 8.68. The fourth-order valence-electron chi connectivity index (χ4n) is 1.18. The molecule has 1 aromatic rings. The zero-order chi connectivity index (χ0) is 11.9. The maximum atomic E-state index is 8.68. The number of nitriles is 1. The van der Waals surface area contributed by atoms with Crippen LogP contribution < -0.4 is 10.6 Å². The van der Waals surface area contributed by atoms with Gasteiger partial charge in [0.05, 0.1) is 19.0 Å². The molecular weight excluding hydrogens is 228 g/mol. The Bertz CT molecular complexity index is 351. The minimum atomic E-state index is -0.796. The fourth-order valence-corrected chi connectivity index (χ4v) is 1.44. The third-order valence-electron chi connectivity index (χ3n) is 1.87. The van der Waals surface area contributed by atoms with Crippen molar-refractivity contribution in [1.82, 2.24) is 20.3 Å². The lowest BCUT2D eigenvalue weighted by atomic mass is 10.2. The number of hydrogen-bond donors (Lipinski definition) is 2. The number of likely N-dealkylation sites (N-methyl/N-ethyl adjacent to an activating group) is 1. The van der Waals surface area contributed by atoms with Crippen LogP contribution in [0.5, 0.6) is 0 Å². The zero-order valence-corrected chi connectivity index (χ0v) is 9.70. The molecule has 0 amide bonds. The summed E-state index contributed by atoms with van der Waals surface area (Å²) in [4.78, 5) is 10.7. The van der Waals surface area contributed by atoms with Gasteiger partial charge in [-0.15, -0.1) is 0 Å². The van der Waals surface area contributed by atoms with E-state index in [0.717, 1.165) is 0 Å². The summed E-state index contributed by atoms with van der Waals surface area (Å²) in [6.45, 7) is 2.97. The molecule has 1 atom stereocenters. The van der Waals surface area contributed by atoms with Crippen LogP contribution in [-0.2, 0) is 0 Å². The number of hydrogen-bond acceptors (Lipinski definition) is 6. The highest BCUT2D eigenvalue weighted by atomic mass is 35.5. The molecule has 86 valence electrons. The van der Waals surface area contributed by atoms with Gasteiger partial charge in [0.2, 0.25) is 5.95 Å². The molecule has 0 fully saturated rings. The van der Waals surface area contributed by atoms with Crippen molar-refractivity contribution in [3.8, 4) is 6.07 Å². The van der Waals surface area contributed by atoms with E-state index in [-0.39, 0.29) is 6.42 Å². The monoisotopic (exact) mass is 240 g/mol. The minimum Gasteiger partial charge on any atom is -0.351 e. The molecule has 2 N–H and O–H groups in total. The average molecular weight is 241 g/mol. The van der Waals surface area contributed by atoms with Gasteiger partial charge in [-0.2, -0.15) is 5.26 Å². The first-order valence-electron chi connectivity index (χ1n) is 4.87. The Labute approximate surface area is 99.1 Å². The smallest absolute Gasteiger partial charge is 0.225 e. The number of nitrogens with zero attached hydrogens (tertiary/aromatic N) is 4. The minimum absolute atomic E-state index is 0.195. The molecule has 7 heteroatoms. The molecule has 6 nitrogen and oxygen atoms in total. The summed E-state index contributed by atoms with van der Waals surface area (Å²) in [5.74, 6) is 0.441. The van der Waals surface area contributed by atoms with Gasteiger partial charge >= 0.3 is 0 Å². The summed E-state index contributed by atoms with van der Waals surface area (Å²) >= 11 is 6.22. The Morgan fingerprint density at radius 1 is 1.50 bits per heavy atom.